The van der Waals surface area contributed by atoms with Gasteiger partial charge < -0.3 is 15.5 Å². The number of hydrogen-bond acceptors (Lipinski definition) is 4. The Morgan fingerprint density at radius 1 is 1.09 bits per heavy atom. The van der Waals surface area contributed by atoms with Crippen molar-refractivity contribution >= 4 is 28.3 Å². The molecule has 1 fully saturated rings. The second-order valence-electron chi connectivity index (χ2n) is 5.40. The summed E-state index contributed by atoms with van der Waals surface area (Å²) in [5.41, 5.74) is 6.96. The van der Waals surface area contributed by atoms with Crippen molar-refractivity contribution < 1.29 is 9.59 Å². The topological polar surface area (TPSA) is 79.5 Å². The molecule has 0 aliphatic carbocycles. The Morgan fingerprint density at radius 3 is 2.45 bits per heavy atom. The predicted octanol–water partition coefficient (Wildman–Crippen LogP) is 1.12. The quantitative estimate of drug-likeness (QED) is 0.800. The molecule has 1 aliphatic rings. The third kappa shape index (κ3) is 2.47. The maximum absolute atomic E-state index is 12.7. The van der Waals surface area contributed by atoms with Gasteiger partial charge in [-0.15, -0.1) is 0 Å². The number of rotatable bonds is 1. The summed E-state index contributed by atoms with van der Waals surface area (Å²) in [6, 6.07) is 7.39. The number of benzene rings is 1. The van der Waals surface area contributed by atoms with Crippen LogP contribution in [-0.4, -0.2) is 52.8 Å². The largest absolute Gasteiger partial charge is 0.398 e. The molecule has 0 saturated carbocycles. The van der Waals surface area contributed by atoms with Gasteiger partial charge in [0.25, 0.3) is 5.91 Å². The van der Waals surface area contributed by atoms with E-state index >= 15 is 0 Å². The summed E-state index contributed by atoms with van der Waals surface area (Å²) in [5, 5.41) is 1.60. The zero-order valence-corrected chi connectivity index (χ0v) is 12.5. The predicted molar refractivity (Wildman–Crippen MR) is 84.3 cm³/mol. The number of hydrogen-bond donors (Lipinski definition) is 1. The Labute approximate surface area is 128 Å². The molecule has 6 nitrogen and oxygen atoms in total. The van der Waals surface area contributed by atoms with Crippen LogP contribution < -0.4 is 5.73 Å². The van der Waals surface area contributed by atoms with Crippen LogP contribution in [0.25, 0.3) is 10.8 Å². The molecule has 0 spiro atoms. The number of aromatic nitrogens is 1. The van der Waals surface area contributed by atoms with Crippen molar-refractivity contribution in [3.8, 4) is 0 Å². The highest BCUT2D eigenvalue weighted by Gasteiger charge is 2.25. The highest BCUT2D eigenvalue weighted by atomic mass is 16.2. The molecule has 3 rings (SSSR count). The van der Waals surface area contributed by atoms with Crippen LogP contribution in [0.3, 0.4) is 0 Å². The zero-order chi connectivity index (χ0) is 15.7. The van der Waals surface area contributed by atoms with Crippen LogP contribution in [0, 0.1) is 0 Å². The number of pyridine rings is 1. The van der Waals surface area contributed by atoms with Crippen molar-refractivity contribution in [1.82, 2.24) is 14.8 Å². The minimum Gasteiger partial charge on any atom is -0.398 e. The monoisotopic (exact) mass is 298 g/mol. The number of nitrogens with zero attached hydrogens (tertiary/aromatic N) is 3. The molecular formula is C16H18N4O2. The van der Waals surface area contributed by atoms with Gasteiger partial charge in [-0.2, -0.15) is 0 Å². The molecule has 1 aromatic carbocycles. The molecular weight excluding hydrogens is 280 g/mol. The van der Waals surface area contributed by atoms with Crippen molar-refractivity contribution in [1.29, 1.82) is 0 Å². The van der Waals surface area contributed by atoms with Crippen molar-refractivity contribution in [2.45, 2.75) is 6.92 Å². The molecule has 6 heteroatoms. The summed E-state index contributed by atoms with van der Waals surface area (Å²) in [6.45, 7) is 3.69. The van der Waals surface area contributed by atoms with E-state index in [9.17, 15) is 9.59 Å². The van der Waals surface area contributed by atoms with Crippen molar-refractivity contribution in [3.05, 3.63) is 36.2 Å². The first-order valence-electron chi connectivity index (χ1n) is 7.26. The van der Waals surface area contributed by atoms with Gasteiger partial charge >= 0.3 is 0 Å². The Hall–Kier alpha value is -2.63. The minimum absolute atomic E-state index is 0.0413. The number of fused-ring (bicyclic) bond motifs is 1. The summed E-state index contributed by atoms with van der Waals surface area (Å²) in [6.07, 6.45) is 1.63. The van der Waals surface area contributed by atoms with Crippen LogP contribution in [0.1, 0.15) is 17.4 Å². The fourth-order valence-electron chi connectivity index (χ4n) is 2.79. The molecule has 0 radical (unpaired) electrons. The maximum atomic E-state index is 12.7. The number of nitrogens with two attached hydrogens (primary N) is 1. The van der Waals surface area contributed by atoms with E-state index in [1.54, 1.807) is 29.0 Å². The van der Waals surface area contributed by atoms with Gasteiger partial charge in [0.05, 0.1) is 0 Å². The second-order valence-corrected chi connectivity index (χ2v) is 5.40. The van der Waals surface area contributed by atoms with Crippen LogP contribution in [0.5, 0.6) is 0 Å². The Balaban J connectivity index is 1.89. The fourth-order valence-corrected chi connectivity index (χ4v) is 2.79. The second kappa shape index (κ2) is 5.63. The molecule has 0 atom stereocenters. The van der Waals surface area contributed by atoms with Gasteiger partial charge in [0.15, 0.2) is 0 Å². The summed E-state index contributed by atoms with van der Waals surface area (Å²) >= 11 is 0. The third-order valence-electron chi connectivity index (χ3n) is 4.04. The van der Waals surface area contributed by atoms with Crippen molar-refractivity contribution in [2.75, 3.05) is 31.9 Å². The highest BCUT2D eigenvalue weighted by molar-refractivity contribution is 6.09. The molecule has 1 aliphatic heterocycles. The third-order valence-corrected chi connectivity index (χ3v) is 4.04. The fraction of sp³-hybridized carbons (Fsp3) is 0.312. The van der Waals surface area contributed by atoms with Crippen LogP contribution in [0.15, 0.2) is 30.5 Å². The minimum atomic E-state index is -0.133. The van der Waals surface area contributed by atoms with Gasteiger partial charge in [-0.3, -0.25) is 14.6 Å². The summed E-state index contributed by atoms with van der Waals surface area (Å²) in [4.78, 5) is 31.8. The van der Waals surface area contributed by atoms with Gasteiger partial charge in [0.1, 0.15) is 5.69 Å². The molecule has 2 amide bonds. The molecule has 0 bridgehead atoms. The molecule has 0 unspecified atom stereocenters. The molecule has 114 valence electrons. The van der Waals surface area contributed by atoms with E-state index in [1.807, 2.05) is 18.2 Å². The molecule has 1 saturated heterocycles. The molecule has 2 N–H and O–H groups in total. The van der Waals surface area contributed by atoms with E-state index < -0.39 is 0 Å². The van der Waals surface area contributed by atoms with Gasteiger partial charge in [-0.05, 0) is 17.5 Å². The van der Waals surface area contributed by atoms with E-state index in [-0.39, 0.29) is 11.8 Å². The first-order valence-corrected chi connectivity index (χ1v) is 7.26. The Morgan fingerprint density at radius 2 is 1.77 bits per heavy atom. The number of anilines is 1. The lowest BCUT2D eigenvalue weighted by atomic mass is 10.1. The number of carbonyl (C=O) groups is 2. The SMILES string of the molecule is CC(=O)N1CCN(C(=O)c2nccc3cccc(N)c23)CC1. The first kappa shape index (κ1) is 14.3. The molecule has 2 heterocycles. The number of piperazine rings is 1. The lowest BCUT2D eigenvalue weighted by molar-refractivity contribution is -0.130. The van der Waals surface area contributed by atoms with E-state index in [4.69, 9.17) is 5.73 Å². The smallest absolute Gasteiger partial charge is 0.273 e. The molecule has 2 aromatic rings. The van der Waals surface area contributed by atoms with Gasteiger partial charge in [-0.25, -0.2) is 0 Å². The maximum Gasteiger partial charge on any atom is 0.273 e. The van der Waals surface area contributed by atoms with Gasteiger partial charge in [-0.1, -0.05) is 12.1 Å². The van der Waals surface area contributed by atoms with Crippen LogP contribution in [0.4, 0.5) is 5.69 Å². The van der Waals surface area contributed by atoms with Gasteiger partial charge in [0.2, 0.25) is 5.91 Å². The van der Waals surface area contributed by atoms with E-state index in [1.165, 1.54) is 0 Å². The number of amides is 2. The molecule has 22 heavy (non-hydrogen) atoms. The zero-order valence-electron chi connectivity index (χ0n) is 12.5. The normalized spacial score (nSPS) is 15.1. The van der Waals surface area contributed by atoms with E-state index in [0.29, 0.717) is 42.9 Å². The Bertz CT molecular complexity index is 731. The first-order chi connectivity index (χ1) is 10.6. The van der Waals surface area contributed by atoms with E-state index in [2.05, 4.69) is 4.98 Å². The van der Waals surface area contributed by atoms with Gasteiger partial charge in [0, 0.05) is 50.4 Å². The average Bonchev–Trinajstić information content (AvgIpc) is 2.54. The van der Waals surface area contributed by atoms with Crippen LogP contribution in [0.2, 0.25) is 0 Å². The molecule has 1 aromatic heterocycles. The standard InChI is InChI=1S/C16H18N4O2/c1-11(21)19-7-9-20(10-8-19)16(22)15-14-12(5-6-18-15)3-2-4-13(14)17/h2-6H,7-10,17H2,1H3. The van der Waals surface area contributed by atoms with Crippen molar-refractivity contribution in [2.24, 2.45) is 0 Å². The lowest BCUT2D eigenvalue weighted by Gasteiger charge is -2.34. The van der Waals surface area contributed by atoms with Crippen LogP contribution in [-0.2, 0) is 4.79 Å². The van der Waals surface area contributed by atoms with E-state index in [0.717, 1.165) is 5.39 Å². The summed E-state index contributed by atoms with van der Waals surface area (Å²) in [7, 11) is 0. The number of carbonyl (C=O) groups excluding carboxylic acids is 2. The van der Waals surface area contributed by atoms with Crippen LogP contribution >= 0.6 is 0 Å². The van der Waals surface area contributed by atoms with Crippen molar-refractivity contribution in [3.63, 3.8) is 0 Å². The summed E-state index contributed by atoms with van der Waals surface area (Å²) < 4.78 is 0. The Kier molecular flexibility index (Phi) is 3.66. The average molecular weight is 298 g/mol. The highest BCUT2D eigenvalue weighted by Crippen LogP contribution is 2.24. The summed E-state index contributed by atoms with van der Waals surface area (Å²) in [5.74, 6) is -0.0914. The lowest BCUT2D eigenvalue weighted by Crippen LogP contribution is -2.50. The number of nitrogen functional groups attached to an aromatic ring is 1.